The summed E-state index contributed by atoms with van der Waals surface area (Å²) in [6, 6.07) is 7.66. The second-order valence-corrected chi connectivity index (χ2v) is 4.55. The summed E-state index contributed by atoms with van der Waals surface area (Å²) in [6.07, 6.45) is 0. The number of aryl methyl sites for hydroxylation is 1. The molecule has 80 valence electrons. The maximum Gasteiger partial charge on any atom is 0.241 e. The Morgan fingerprint density at radius 1 is 1.62 bits per heavy atom. The average molecular weight is 231 g/mol. The number of fused-ring (bicyclic) bond motifs is 1. The van der Waals surface area contributed by atoms with Crippen molar-refractivity contribution in [3.05, 3.63) is 28.8 Å². The van der Waals surface area contributed by atoms with Crippen LogP contribution in [0.25, 0.3) is 10.2 Å². The van der Waals surface area contributed by atoms with E-state index in [0.717, 1.165) is 15.8 Å². The number of carbonyl (C=O) groups is 1. The van der Waals surface area contributed by atoms with Crippen LogP contribution in [0.15, 0.2) is 18.2 Å². The average Bonchev–Trinajstić information content (AvgIpc) is 2.60. The third-order valence-corrected chi connectivity index (χ3v) is 3.30. The summed E-state index contributed by atoms with van der Waals surface area (Å²) in [7, 11) is 0. The van der Waals surface area contributed by atoms with Crippen LogP contribution in [0.3, 0.4) is 0 Å². The lowest BCUT2D eigenvalue weighted by molar-refractivity contribution is -0.118. The molecule has 1 unspecified atom stereocenters. The van der Waals surface area contributed by atoms with Crippen molar-refractivity contribution in [2.75, 3.05) is 0 Å². The fraction of sp³-hybridized carbons (Fsp3) is 0.182. The molecule has 1 amide bonds. The molecule has 0 radical (unpaired) electrons. The molecule has 2 rings (SSSR count). The number of rotatable bonds is 2. The smallest absolute Gasteiger partial charge is 0.241 e. The third-order valence-electron chi connectivity index (χ3n) is 2.22. The van der Waals surface area contributed by atoms with Crippen molar-refractivity contribution in [2.24, 2.45) is 5.73 Å². The number of nitriles is 1. The Bertz CT molecular complexity index is 597. The Labute approximate surface area is 96.3 Å². The molecule has 0 aliphatic heterocycles. The molecule has 0 aliphatic rings. The SMILES string of the molecule is Cc1ccc2nc(C(C#N)C(N)=O)sc2c1. The van der Waals surface area contributed by atoms with E-state index in [1.54, 1.807) is 0 Å². The van der Waals surface area contributed by atoms with Crippen molar-refractivity contribution in [1.29, 1.82) is 5.26 Å². The highest BCUT2D eigenvalue weighted by atomic mass is 32.1. The zero-order chi connectivity index (χ0) is 11.7. The number of amides is 1. The minimum absolute atomic E-state index is 0.468. The van der Waals surface area contributed by atoms with E-state index in [0.29, 0.717) is 5.01 Å². The zero-order valence-electron chi connectivity index (χ0n) is 8.60. The number of primary amides is 1. The van der Waals surface area contributed by atoms with Crippen LogP contribution in [-0.4, -0.2) is 10.9 Å². The van der Waals surface area contributed by atoms with Crippen LogP contribution in [0, 0.1) is 18.3 Å². The van der Waals surface area contributed by atoms with Crippen molar-refractivity contribution in [3.63, 3.8) is 0 Å². The number of carbonyl (C=O) groups excluding carboxylic acids is 1. The molecule has 1 aromatic heterocycles. The van der Waals surface area contributed by atoms with Gasteiger partial charge in [0.2, 0.25) is 5.91 Å². The van der Waals surface area contributed by atoms with Gasteiger partial charge in [0.25, 0.3) is 0 Å². The fourth-order valence-corrected chi connectivity index (χ4v) is 2.53. The first-order chi connectivity index (χ1) is 7.61. The van der Waals surface area contributed by atoms with E-state index in [4.69, 9.17) is 11.0 Å². The number of hydrogen-bond donors (Lipinski definition) is 1. The first-order valence-electron chi connectivity index (χ1n) is 4.68. The molecule has 2 aromatic rings. The molecule has 2 N–H and O–H groups in total. The van der Waals surface area contributed by atoms with Crippen LogP contribution in [0.4, 0.5) is 0 Å². The lowest BCUT2D eigenvalue weighted by Gasteiger charge is -1.97. The minimum Gasteiger partial charge on any atom is -0.368 e. The summed E-state index contributed by atoms with van der Waals surface area (Å²) in [5.41, 5.74) is 7.06. The molecule has 5 heteroatoms. The van der Waals surface area contributed by atoms with Gasteiger partial charge in [-0.1, -0.05) is 6.07 Å². The Morgan fingerprint density at radius 3 is 3.00 bits per heavy atom. The van der Waals surface area contributed by atoms with E-state index in [1.165, 1.54) is 11.3 Å². The topological polar surface area (TPSA) is 79.8 Å². The molecule has 0 aliphatic carbocycles. The molecule has 0 spiro atoms. The number of benzene rings is 1. The van der Waals surface area contributed by atoms with Crippen molar-refractivity contribution >= 4 is 27.5 Å². The van der Waals surface area contributed by atoms with Gasteiger partial charge in [0, 0.05) is 0 Å². The van der Waals surface area contributed by atoms with E-state index in [-0.39, 0.29) is 0 Å². The van der Waals surface area contributed by atoms with Gasteiger partial charge in [-0.25, -0.2) is 4.98 Å². The van der Waals surface area contributed by atoms with Crippen LogP contribution in [-0.2, 0) is 4.79 Å². The number of aromatic nitrogens is 1. The molecule has 0 fully saturated rings. The van der Waals surface area contributed by atoms with Crippen LogP contribution in [0.1, 0.15) is 16.5 Å². The number of hydrogen-bond acceptors (Lipinski definition) is 4. The van der Waals surface area contributed by atoms with Gasteiger partial charge in [0.1, 0.15) is 5.01 Å². The molecule has 4 nitrogen and oxygen atoms in total. The lowest BCUT2D eigenvalue weighted by Crippen LogP contribution is -2.19. The van der Waals surface area contributed by atoms with Gasteiger partial charge in [-0.2, -0.15) is 5.26 Å². The summed E-state index contributed by atoms with van der Waals surface area (Å²) in [6.45, 7) is 1.98. The Kier molecular flexibility index (Phi) is 2.59. The Hall–Kier alpha value is -1.93. The maximum atomic E-state index is 11.0. The summed E-state index contributed by atoms with van der Waals surface area (Å²) in [4.78, 5) is 15.3. The molecule has 16 heavy (non-hydrogen) atoms. The largest absolute Gasteiger partial charge is 0.368 e. The number of nitrogens with zero attached hydrogens (tertiary/aromatic N) is 2. The van der Waals surface area contributed by atoms with Gasteiger partial charge in [0.05, 0.1) is 16.3 Å². The summed E-state index contributed by atoms with van der Waals surface area (Å²) in [5, 5.41) is 9.31. The standard InChI is InChI=1S/C11H9N3OS/c1-6-2-3-8-9(4-6)16-11(14-8)7(5-12)10(13)15/h2-4,7H,1H3,(H2,13,15). The summed E-state index contributed by atoms with van der Waals surface area (Å²) in [5.74, 6) is -1.60. The second kappa shape index (κ2) is 3.91. The van der Waals surface area contributed by atoms with Crippen molar-refractivity contribution < 1.29 is 4.79 Å². The van der Waals surface area contributed by atoms with E-state index in [2.05, 4.69) is 4.98 Å². The summed E-state index contributed by atoms with van der Waals surface area (Å²) < 4.78 is 0.969. The van der Waals surface area contributed by atoms with Gasteiger partial charge >= 0.3 is 0 Å². The zero-order valence-corrected chi connectivity index (χ0v) is 9.41. The first-order valence-corrected chi connectivity index (χ1v) is 5.49. The minimum atomic E-state index is -0.947. The number of nitrogens with two attached hydrogens (primary N) is 1. The highest BCUT2D eigenvalue weighted by Gasteiger charge is 2.21. The van der Waals surface area contributed by atoms with Crippen LogP contribution < -0.4 is 5.73 Å². The predicted octanol–water partition coefficient (Wildman–Crippen LogP) is 1.70. The second-order valence-electron chi connectivity index (χ2n) is 3.49. The van der Waals surface area contributed by atoms with Gasteiger partial charge in [0.15, 0.2) is 5.92 Å². The molecule has 1 heterocycles. The van der Waals surface area contributed by atoms with Gasteiger partial charge in [-0.3, -0.25) is 4.79 Å². The molecule has 0 saturated heterocycles. The molecule has 0 saturated carbocycles. The molecular weight excluding hydrogens is 222 g/mol. The molecule has 1 aromatic carbocycles. The van der Waals surface area contributed by atoms with E-state index in [9.17, 15) is 4.79 Å². The van der Waals surface area contributed by atoms with Gasteiger partial charge in [-0.15, -0.1) is 11.3 Å². The summed E-state index contributed by atoms with van der Waals surface area (Å²) >= 11 is 1.34. The Balaban J connectivity index is 2.55. The van der Waals surface area contributed by atoms with Crippen molar-refractivity contribution in [3.8, 4) is 6.07 Å². The van der Waals surface area contributed by atoms with Crippen LogP contribution in [0.2, 0.25) is 0 Å². The van der Waals surface area contributed by atoms with Crippen molar-refractivity contribution in [2.45, 2.75) is 12.8 Å². The van der Waals surface area contributed by atoms with E-state index in [1.807, 2.05) is 31.2 Å². The molecule has 0 bridgehead atoms. The van der Waals surface area contributed by atoms with Gasteiger partial charge in [-0.05, 0) is 24.6 Å². The normalized spacial score (nSPS) is 12.2. The van der Waals surface area contributed by atoms with E-state index >= 15 is 0 Å². The highest BCUT2D eigenvalue weighted by Crippen LogP contribution is 2.27. The molecular formula is C11H9N3OS. The predicted molar refractivity (Wildman–Crippen MR) is 61.9 cm³/mol. The van der Waals surface area contributed by atoms with Crippen LogP contribution >= 0.6 is 11.3 Å². The highest BCUT2D eigenvalue weighted by molar-refractivity contribution is 7.18. The lowest BCUT2D eigenvalue weighted by atomic mass is 10.2. The third kappa shape index (κ3) is 1.75. The molecule has 1 atom stereocenters. The quantitative estimate of drug-likeness (QED) is 0.854. The first kappa shape index (κ1) is 10.6. The fourth-order valence-electron chi connectivity index (χ4n) is 1.41. The Morgan fingerprint density at radius 2 is 2.38 bits per heavy atom. The number of thiazole rings is 1. The van der Waals surface area contributed by atoms with Gasteiger partial charge < -0.3 is 5.73 Å². The van der Waals surface area contributed by atoms with Crippen LogP contribution in [0.5, 0.6) is 0 Å². The maximum absolute atomic E-state index is 11.0. The van der Waals surface area contributed by atoms with E-state index < -0.39 is 11.8 Å². The van der Waals surface area contributed by atoms with Crippen molar-refractivity contribution in [1.82, 2.24) is 4.98 Å². The monoisotopic (exact) mass is 231 g/mol.